The van der Waals surface area contributed by atoms with Crippen LogP contribution in [0.4, 0.5) is 5.69 Å². The van der Waals surface area contributed by atoms with Crippen LogP contribution in [0.2, 0.25) is 0 Å². The predicted octanol–water partition coefficient (Wildman–Crippen LogP) is 3.30. The van der Waals surface area contributed by atoms with E-state index >= 15 is 0 Å². The number of carboxylic acids is 1. The van der Waals surface area contributed by atoms with Gasteiger partial charge >= 0.3 is 5.97 Å². The lowest BCUT2D eigenvalue weighted by Crippen LogP contribution is -2.18. The van der Waals surface area contributed by atoms with Gasteiger partial charge in [-0.3, -0.25) is 9.59 Å². The van der Waals surface area contributed by atoms with E-state index in [2.05, 4.69) is 5.32 Å². The summed E-state index contributed by atoms with van der Waals surface area (Å²) in [7, 11) is 0. The van der Waals surface area contributed by atoms with E-state index in [4.69, 9.17) is 9.84 Å². The summed E-state index contributed by atoms with van der Waals surface area (Å²) in [5.41, 5.74) is 0.686. The van der Waals surface area contributed by atoms with E-state index in [1.807, 2.05) is 13.8 Å². The number of hydrogen-bond acceptors (Lipinski definition) is 3. The molecule has 0 saturated heterocycles. The van der Waals surface area contributed by atoms with E-state index in [1.165, 1.54) is 0 Å². The average molecular weight is 293 g/mol. The Hall–Kier alpha value is -2.04. The number of carbonyl (C=O) groups excluding carboxylic acids is 1. The van der Waals surface area contributed by atoms with Gasteiger partial charge in [-0.05, 0) is 44.0 Å². The Labute approximate surface area is 125 Å². The zero-order chi connectivity index (χ0) is 15.7. The standard InChI is InChI=1S/C16H23NO4/c1-3-5-12(16(19)20)6-11-15(18)17-13-7-9-14(10-8-13)21-4-2/h7-10,12H,3-6,11H2,1-2H3,(H,17,18)(H,19,20). The highest BCUT2D eigenvalue weighted by atomic mass is 16.5. The van der Waals surface area contributed by atoms with Gasteiger partial charge in [-0.1, -0.05) is 13.3 Å². The molecule has 1 aromatic carbocycles. The average Bonchev–Trinajstić information content (AvgIpc) is 2.45. The number of ether oxygens (including phenoxy) is 1. The highest BCUT2D eigenvalue weighted by Gasteiger charge is 2.17. The number of benzene rings is 1. The van der Waals surface area contributed by atoms with Gasteiger partial charge in [0.25, 0.3) is 0 Å². The van der Waals surface area contributed by atoms with Crippen LogP contribution in [0, 0.1) is 5.92 Å². The van der Waals surface area contributed by atoms with E-state index in [9.17, 15) is 9.59 Å². The van der Waals surface area contributed by atoms with Gasteiger partial charge in [-0.25, -0.2) is 0 Å². The molecule has 1 unspecified atom stereocenters. The van der Waals surface area contributed by atoms with Crippen molar-refractivity contribution in [1.82, 2.24) is 0 Å². The van der Waals surface area contributed by atoms with E-state index in [1.54, 1.807) is 24.3 Å². The highest BCUT2D eigenvalue weighted by Crippen LogP contribution is 2.17. The van der Waals surface area contributed by atoms with Crippen molar-refractivity contribution in [3.63, 3.8) is 0 Å². The van der Waals surface area contributed by atoms with Crippen LogP contribution in [-0.2, 0) is 9.59 Å². The van der Waals surface area contributed by atoms with Crippen molar-refractivity contribution in [2.45, 2.75) is 39.5 Å². The maximum atomic E-state index is 11.8. The first kappa shape index (κ1) is 17.0. The van der Waals surface area contributed by atoms with E-state index in [-0.39, 0.29) is 12.3 Å². The quantitative estimate of drug-likeness (QED) is 0.732. The smallest absolute Gasteiger partial charge is 0.306 e. The van der Waals surface area contributed by atoms with E-state index in [0.717, 1.165) is 12.2 Å². The maximum Gasteiger partial charge on any atom is 0.306 e. The Morgan fingerprint density at radius 1 is 1.19 bits per heavy atom. The van der Waals surface area contributed by atoms with Crippen LogP contribution >= 0.6 is 0 Å². The fourth-order valence-electron chi connectivity index (χ4n) is 2.07. The number of amides is 1. The first-order chi connectivity index (χ1) is 10.1. The van der Waals surface area contributed by atoms with Crippen LogP contribution in [-0.4, -0.2) is 23.6 Å². The number of nitrogens with one attached hydrogen (secondary N) is 1. The molecule has 5 nitrogen and oxygen atoms in total. The van der Waals surface area contributed by atoms with Gasteiger partial charge in [0.15, 0.2) is 0 Å². The lowest BCUT2D eigenvalue weighted by atomic mass is 9.98. The number of anilines is 1. The molecule has 116 valence electrons. The number of rotatable bonds is 9. The molecule has 1 rings (SSSR count). The lowest BCUT2D eigenvalue weighted by molar-refractivity contribution is -0.142. The van der Waals surface area contributed by atoms with Gasteiger partial charge in [0.1, 0.15) is 5.75 Å². The lowest BCUT2D eigenvalue weighted by Gasteiger charge is -2.11. The molecule has 0 aliphatic rings. The van der Waals surface area contributed by atoms with Gasteiger partial charge in [0.05, 0.1) is 12.5 Å². The Balaban J connectivity index is 2.44. The molecular weight excluding hydrogens is 270 g/mol. The normalized spacial score (nSPS) is 11.7. The van der Waals surface area contributed by atoms with Crippen molar-refractivity contribution in [1.29, 1.82) is 0 Å². The molecule has 1 aromatic rings. The molecule has 0 aromatic heterocycles. The predicted molar refractivity (Wildman–Crippen MR) is 81.5 cm³/mol. The summed E-state index contributed by atoms with van der Waals surface area (Å²) in [4.78, 5) is 22.8. The van der Waals surface area contributed by atoms with Crippen molar-refractivity contribution in [2.24, 2.45) is 5.92 Å². The van der Waals surface area contributed by atoms with E-state index in [0.29, 0.717) is 25.1 Å². The second kappa shape index (κ2) is 9.00. The molecule has 1 amide bonds. The summed E-state index contributed by atoms with van der Waals surface area (Å²) in [6.07, 6.45) is 1.99. The van der Waals surface area contributed by atoms with Crippen molar-refractivity contribution in [3.8, 4) is 5.75 Å². The van der Waals surface area contributed by atoms with Crippen molar-refractivity contribution in [2.75, 3.05) is 11.9 Å². The second-order valence-electron chi connectivity index (χ2n) is 4.87. The Bertz CT molecular complexity index is 456. The topological polar surface area (TPSA) is 75.6 Å². The molecule has 21 heavy (non-hydrogen) atoms. The van der Waals surface area contributed by atoms with Crippen molar-refractivity contribution in [3.05, 3.63) is 24.3 Å². The molecule has 0 saturated carbocycles. The van der Waals surface area contributed by atoms with Crippen molar-refractivity contribution < 1.29 is 19.4 Å². The zero-order valence-corrected chi connectivity index (χ0v) is 12.6. The molecule has 0 aliphatic heterocycles. The minimum Gasteiger partial charge on any atom is -0.494 e. The van der Waals surface area contributed by atoms with Crippen LogP contribution in [0.3, 0.4) is 0 Å². The van der Waals surface area contributed by atoms with Crippen LogP contribution < -0.4 is 10.1 Å². The Morgan fingerprint density at radius 2 is 1.86 bits per heavy atom. The minimum atomic E-state index is -0.828. The third-order valence-electron chi connectivity index (χ3n) is 3.16. The molecular formula is C16H23NO4. The van der Waals surface area contributed by atoms with Crippen LogP contribution in [0.15, 0.2) is 24.3 Å². The minimum absolute atomic E-state index is 0.165. The Kier molecular flexibility index (Phi) is 7.29. The highest BCUT2D eigenvalue weighted by molar-refractivity contribution is 5.91. The summed E-state index contributed by atoms with van der Waals surface area (Å²) in [6, 6.07) is 7.11. The molecule has 1 atom stereocenters. The largest absolute Gasteiger partial charge is 0.494 e. The summed E-state index contributed by atoms with van der Waals surface area (Å²) < 4.78 is 5.32. The zero-order valence-electron chi connectivity index (χ0n) is 12.6. The summed E-state index contributed by atoms with van der Waals surface area (Å²) in [5.74, 6) is -0.683. The number of aliphatic carboxylic acids is 1. The van der Waals surface area contributed by atoms with Gasteiger partial charge in [0.2, 0.25) is 5.91 Å². The maximum absolute atomic E-state index is 11.8. The monoisotopic (exact) mass is 293 g/mol. The van der Waals surface area contributed by atoms with Crippen molar-refractivity contribution >= 4 is 17.6 Å². The molecule has 0 fully saturated rings. The number of hydrogen-bond donors (Lipinski definition) is 2. The first-order valence-corrected chi connectivity index (χ1v) is 7.32. The van der Waals surface area contributed by atoms with Gasteiger partial charge < -0.3 is 15.2 Å². The third-order valence-corrected chi connectivity index (χ3v) is 3.16. The fourth-order valence-corrected chi connectivity index (χ4v) is 2.07. The second-order valence-corrected chi connectivity index (χ2v) is 4.87. The van der Waals surface area contributed by atoms with Crippen LogP contribution in [0.1, 0.15) is 39.5 Å². The fraction of sp³-hybridized carbons (Fsp3) is 0.500. The molecule has 0 spiro atoms. The number of carboxylic acid groups (broad SMARTS) is 1. The molecule has 2 N–H and O–H groups in total. The first-order valence-electron chi connectivity index (χ1n) is 7.32. The third kappa shape index (κ3) is 6.29. The summed E-state index contributed by atoms with van der Waals surface area (Å²) >= 11 is 0. The Morgan fingerprint density at radius 3 is 2.38 bits per heavy atom. The summed E-state index contributed by atoms with van der Waals surface area (Å²) in [5, 5.41) is 11.8. The van der Waals surface area contributed by atoms with Gasteiger partial charge in [-0.15, -0.1) is 0 Å². The SMILES string of the molecule is CCCC(CCC(=O)Nc1ccc(OCC)cc1)C(=O)O. The summed E-state index contributed by atoms with van der Waals surface area (Å²) in [6.45, 7) is 4.44. The van der Waals surface area contributed by atoms with E-state index < -0.39 is 11.9 Å². The molecule has 0 heterocycles. The molecule has 0 aliphatic carbocycles. The molecule has 5 heteroatoms. The van der Waals surface area contributed by atoms with Crippen LogP contribution in [0.5, 0.6) is 5.75 Å². The molecule has 0 bridgehead atoms. The van der Waals surface area contributed by atoms with Gasteiger partial charge in [0, 0.05) is 12.1 Å². The number of carbonyl (C=O) groups is 2. The van der Waals surface area contributed by atoms with Crippen LogP contribution in [0.25, 0.3) is 0 Å². The van der Waals surface area contributed by atoms with Gasteiger partial charge in [-0.2, -0.15) is 0 Å². The molecule has 0 radical (unpaired) electrons.